The second kappa shape index (κ2) is 5.19. The molecule has 1 heterocycles. The van der Waals surface area contributed by atoms with Crippen LogP contribution in [-0.2, 0) is 0 Å². The second-order valence-corrected chi connectivity index (χ2v) is 5.68. The maximum Gasteiger partial charge on any atom is 0.0458 e. The summed E-state index contributed by atoms with van der Waals surface area (Å²) in [5, 5.41) is 1.26. The molecule has 1 heteroatoms. The summed E-state index contributed by atoms with van der Waals surface area (Å²) in [5.41, 5.74) is 7.31. The molecule has 1 aromatic heterocycles. The number of fused-ring (bicyclic) bond motifs is 1. The minimum absolute atomic E-state index is 0.931. The number of benzene rings is 2. The van der Waals surface area contributed by atoms with Gasteiger partial charge in [0.2, 0.25) is 0 Å². The Bertz CT molecular complexity index is 874. The molecule has 0 atom stereocenters. The summed E-state index contributed by atoms with van der Waals surface area (Å²) in [6.45, 7) is 4.27. The fraction of sp³-hybridized carbons (Fsp3) is 0.0476. The Balaban J connectivity index is 1.57. The number of allylic oxidation sites excluding steroid dienone is 5. The quantitative estimate of drug-likeness (QED) is 0.644. The third kappa shape index (κ3) is 2.21. The molecule has 1 nitrogen and oxygen atoms in total. The van der Waals surface area contributed by atoms with E-state index in [1.165, 1.54) is 33.3 Å². The van der Waals surface area contributed by atoms with E-state index < -0.39 is 0 Å². The topological polar surface area (TPSA) is 15.8 Å². The smallest absolute Gasteiger partial charge is 0.0458 e. The van der Waals surface area contributed by atoms with Crippen LogP contribution in [0, 0.1) is 0 Å². The average Bonchev–Trinajstić information content (AvgIpc) is 3.21. The van der Waals surface area contributed by atoms with Crippen LogP contribution in [0.25, 0.3) is 22.0 Å². The largest absolute Gasteiger partial charge is 0.355 e. The van der Waals surface area contributed by atoms with Crippen molar-refractivity contribution >= 4 is 22.0 Å². The highest BCUT2D eigenvalue weighted by Crippen LogP contribution is 2.35. The van der Waals surface area contributed by atoms with Gasteiger partial charge in [0.1, 0.15) is 0 Å². The highest BCUT2D eigenvalue weighted by molar-refractivity contribution is 5.89. The molecule has 106 valence electrons. The molecule has 0 unspecified atom stereocenters. The van der Waals surface area contributed by atoms with Gasteiger partial charge in [0, 0.05) is 17.6 Å². The van der Waals surface area contributed by atoms with Crippen LogP contribution in [0.4, 0.5) is 0 Å². The summed E-state index contributed by atoms with van der Waals surface area (Å²) < 4.78 is 0. The SMILES string of the molecule is C=C(C1=CC=C(c2cc3ccccc3[nH]2)C1)c1ccccc1. The third-order valence-corrected chi connectivity index (χ3v) is 4.25. The molecule has 1 aliphatic carbocycles. The molecular weight excluding hydrogens is 266 g/mol. The van der Waals surface area contributed by atoms with Crippen molar-refractivity contribution in [2.45, 2.75) is 6.42 Å². The normalized spacial score (nSPS) is 14.0. The lowest BCUT2D eigenvalue weighted by molar-refractivity contribution is 1.29. The minimum Gasteiger partial charge on any atom is -0.355 e. The Hall–Kier alpha value is -2.80. The van der Waals surface area contributed by atoms with Crippen LogP contribution < -0.4 is 0 Å². The first-order valence-electron chi connectivity index (χ1n) is 7.54. The van der Waals surface area contributed by atoms with E-state index in [-0.39, 0.29) is 0 Å². The van der Waals surface area contributed by atoms with Crippen molar-refractivity contribution in [3.05, 3.63) is 96.2 Å². The number of para-hydroxylation sites is 1. The summed E-state index contributed by atoms with van der Waals surface area (Å²) in [6, 6.07) is 21.0. The van der Waals surface area contributed by atoms with Gasteiger partial charge in [-0.05, 0) is 39.8 Å². The molecule has 0 aliphatic heterocycles. The Morgan fingerprint density at radius 1 is 0.909 bits per heavy atom. The van der Waals surface area contributed by atoms with Gasteiger partial charge in [-0.1, -0.05) is 67.3 Å². The zero-order valence-corrected chi connectivity index (χ0v) is 12.3. The third-order valence-electron chi connectivity index (χ3n) is 4.25. The summed E-state index contributed by atoms with van der Waals surface area (Å²) in [6.07, 6.45) is 5.32. The molecule has 1 N–H and O–H groups in total. The van der Waals surface area contributed by atoms with Crippen molar-refractivity contribution in [1.82, 2.24) is 4.98 Å². The number of H-pyrrole nitrogens is 1. The van der Waals surface area contributed by atoms with Crippen molar-refractivity contribution in [1.29, 1.82) is 0 Å². The number of nitrogens with one attached hydrogen (secondary N) is 1. The van der Waals surface area contributed by atoms with Gasteiger partial charge in [-0.3, -0.25) is 0 Å². The van der Waals surface area contributed by atoms with Gasteiger partial charge >= 0.3 is 0 Å². The maximum atomic E-state index is 4.27. The van der Waals surface area contributed by atoms with Gasteiger partial charge in [0.05, 0.1) is 0 Å². The van der Waals surface area contributed by atoms with E-state index in [9.17, 15) is 0 Å². The maximum absolute atomic E-state index is 4.27. The Kier molecular flexibility index (Phi) is 3.05. The van der Waals surface area contributed by atoms with Crippen molar-refractivity contribution in [2.24, 2.45) is 0 Å². The van der Waals surface area contributed by atoms with Crippen LogP contribution in [-0.4, -0.2) is 4.98 Å². The number of aromatic amines is 1. The summed E-state index contributed by atoms with van der Waals surface area (Å²) in [4.78, 5) is 3.51. The first-order valence-corrected chi connectivity index (χ1v) is 7.54. The predicted molar refractivity (Wildman–Crippen MR) is 94.5 cm³/mol. The van der Waals surface area contributed by atoms with Crippen LogP contribution in [0.3, 0.4) is 0 Å². The molecule has 0 spiro atoms. The standard InChI is InChI=1S/C21H17N/c1-15(16-7-3-2-4-8-16)17-11-12-19(13-17)21-14-18-9-5-6-10-20(18)22-21/h2-12,14,22H,1,13H2. The van der Waals surface area contributed by atoms with E-state index >= 15 is 0 Å². The van der Waals surface area contributed by atoms with Crippen LogP contribution >= 0.6 is 0 Å². The molecule has 1 aliphatic rings. The van der Waals surface area contributed by atoms with Crippen LogP contribution in [0.2, 0.25) is 0 Å². The lowest BCUT2D eigenvalue weighted by Gasteiger charge is -2.08. The van der Waals surface area contributed by atoms with Crippen LogP contribution in [0.15, 0.2) is 85.0 Å². The molecule has 0 fully saturated rings. The van der Waals surface area contributed by atoms with Crippen molar-refractivity contribution in [3.8, 4) is 0 Å². The average molecular weight is 283 g/mol. The lowest BCUT2D eigenvalue weighted by atomic mass is 9.97. The van der Waals surface area contributed by atoms with E-state index in [1.807, 2.05) is 6.07 Å². The lowest BCUT2D eigenvalue weighted by Crippen LogP contribution is -1.88. The molecule has 4 rings (SSSR count). The predicted octanol–water partition coefficient (Wildman–Crippen LogP) is 5.59. The number of rotatable bonds is 3. The fourth-order valence-corrected chi connectivity index (χ4v) is 2.99. The summed E-state index contributed by atoms with van der Waals surface area (Å²) >= 11 is 0. The van der Waals surface area contributed by atoms with Gasteiger partial charge in [-0.2, -0.15) is 0 Å². The van der Waals surface area contributed by atoms with Gasteiger partial charge in [0.15, 0.2) is 0 Å². The molecule has 0 saturated heterocycles. The van der Waals surface area contributed by atoms with E-state index in [2.05, 4.69) is 78.3 Å². The number of hydrogen-bond donors (Lipinski definition) is 1. The fourth-order valence-electron chi connectivity index (χ4n) is 2.99. The number of aromatic nitrogens is 1. The molecule has 0 saturated carbocycles. The monoisotopic (exact) mass is 283 g/mol. The van der Waals surface area contributed by atoms with Crippen LogP contribution in [0.1, 0.15) is 17.7 Å². The van der Waals surface area contributed by atoms with Gasteiger partial charge < -0.3 is 4.98 Å². The van der Waals surface area contributed by atoms with E-state index in [0.29, 0.717) is 0 Å². The van der Waals surface area contributed by atoms with Gasteiger partial charge in [-0.15, -0.1) is 0 Å². The Morgan fingerprint density at radius 2 is 1.68 bits per heavy atom. The molecule has 0 radical (unpaired) electrons. The molecule has 2 aromatic carbocycles. The van der Waals surface area contributed by atoms with E-state index in [1.54, 1.807) is 0 Å². The second-order valence-electron chi connectivity index (χ2n) is 5.68. The van der Waals surface area contributed by atoms with E-state index in [0.717, 1.165) is 12.0 Å². The Morgan fingerprint density at radius 3 is 2.50 bits per heavy atom. The highest BCUT2D eigenvalue weighted by atomic mass is 14.7. The molecule has 22 heavy (non-hydrogen) atoms. The van der Waals surface area contributed by atoms with E-state index in [4.69, 9.17) is 0 Å². The van der Waals surface area contributed by atoms with Gasteiger partial charge in [-0.25, -0.2) is 0 Å². The molecule has 3 aromatic rings. The van der Waals surface area contributed by atoms with Crippen molar-refractivity contribution in [2.75, 3.05) is 0 Å². The zero-order chi connectivity index (χ0) is 14.9. The molecule has 0 bridgehead atoms. The summed E-state index contributed by atoms with van der Waals surface area (Å²) in [7, 11) is 0. The van der Waals surface area contributed by atoms with Crippen molar-refractivity contribution < 1.29 is 0 Å². The first kappa shape index (κ1) is 12.9. The van der Waals surface area contributed by atoms with Gasteiger partial charge in [0.25, 0.3) is 0 Å². The number of hydrogen-bond acceptors (Lipinski definition) is 0. The first-order chi connectivity index (χ1) is 10.8. The molecule has 0 amide bonds. The van der Waals surface area contributed by atoms with Crippen molar-refractivity contribution in [3.63, 3.8) is 0 Å². The minimum atomic E-state index is 0.931. The zero-order valence-electron chi connectivity index (χ0n) is 12.3. The highest BCUT2D eigenvalue weighted by Gasteiger charge is 2.15. The van der Waals surface area contributed by atoms with Crippen LogP contribution in [0.5, 0.6) is 0 Å². The Labute approximate surface area is 130 Å². The molecular formula is C21H17N. The summed E-state index contributed by atoms with van der Waals surface area (Å²) in [5.74, 6) is 0.